The third-order valence-electron chi connectivity index (χ3n) is 1.84. The lowest BCUT2D eigenvalue weighted by Crippen LogP contribution is -2.25. The predicted molar refractivity (Wildman–Crippen MR) is 57.6 cm³/mol. The van der Waals surface area contributed by atoms with Crippen LogP contribution in [0.2, 0.25) is 0 Å². The highest BCUT2D eigenvalue weighted by molar-refractivity contribution is 8.28. The molecule has 0 fully saturated rings. The van der Waals surface area contributed by atoms with Crippen molar-refractivity contribution in [3.8, 4) is 0 Å². The van der Waals surface area contributed by atoms with Crippen LogP contribution in [-0.2, 0) is 0 Å². The Labute approximate surface area is 81.0 Å². The van der Waals surface area contributed by atoms with Gasteiger partial charge in [-0.2, -0.15) is 0 Å². The molecule has 0 bridgehead atoms. The van der Waals surface area contributed by atoms with Crippen LogP contribution in [0, 0.1) is 6.08 Å². The van der Waals surface area contributed by atoms with Crippen molar-refractivity contribution >= 4 is 10.6 Å². The van der Waals surface area contributed by atoms with E-state index in [9.17, 15) is 9.11 Å². The van der Waals surface area contributed by atoms with Crippen LogP contribution < -0.4 is 0 Å². The molecule has 0 atom stereocenters. The molecular formula is C10H15O2S+. The van der Waals surface area contributed by atoms with Gasteiger partial charge in [-0.3, -0.25) is 9.11 Å². The Kier molecular flexibility index (Phi) is 2.64. The van der Waals surface area contributed by atoms with Crippen molar-refractivity contribution < 1.29 is 9.11 Å². The Hall–Kier alpha value is -0.600. The highest BCUT2D eigenvalue weighted by atomic mass is 32.3. The van der Waals surface area contributed by atoms with Crippen LogP contribution in [0.4, 0.5) is 0 Å². The standard InChI is InChI=1S/C10H14O2S/c1-10(2,3)13(11,12)9-7-5-4-6-8-9/h4-7H,1-3H3,(H-,11,12)/p+1. The zero-order chi connectivity index (χ0) is 10.1. The smallest absolute Gasteiger partial charge is 0.222 e. The lowest BCUT2D eigenvalue weighted by molar-refractivity contribution is 0.460. The molecule has 0 aromatic rings. The number of allylic oxidation sites excluding steroid dienone is 5. The van der Waals surface area contributed by atoms with Crippen molar-refractivity contribution in [1.82, 2.24) is 0 Å². The average molecular weight is 199 g/mol. The first-order valence-corrected chi connectivity index (χ1v) is 5.65. The first kappa shape index (κ1) is 10.5. The predicted octanol–water partition coefficient (Wildman–Crippen LogP) is 3.35. The quantitative estimate of drug-likeness (QED) is 0.636. The van der Waals surface area contributed by atoms with E-state index < -0.39 is 15.3 Å². The molecule has 0 aromatic carbocycles. The van der Waals surface area contributed by atoms with Gasteiger partial charge in [0, 0.05) is 6.08 Å². The Balaban J connectivity index is 3.00. The molecule has 0 aliphatic heterocycles. The summed E-state index contributed by atoms with van der Waals surface area (Å²) >= 11 is 0. The molecular weight excluding hydrogens is 184 g/mol. The number of hydrogen-bond acceptors (Lipinski definition) is 2. The van der Waals surface area contributed by atoms with Crippen molar-refractivity contribution in [3.63, 3.8) is 0 Å². The Morgan fingerprint density at radius 2 is 1.85 bits per heavy atom. The maximum Gasteiger partial charge on any atom is 0.222 e. The molecule has 0 saturated carbocycles. The van der Waals surface area contributed by atoms with Crippen LogP contribution in [0.15, 0.2) is 29.2 Å². The normalized spacial score (nSPS) is 18.1. The largest absolute Gasteiger partial charge is 0.292 e. The molecule has 72 valence electrons. The van der Waals surface area contributed by atoms with Crippen LogP contribution in [0.25, 0.3) is 0 Å². The molecule has 0 spiro atoms. The third-order valence-corrected chi connectivity index (χ3v) is 4.42. The fourth-order valence-electron chi connectivity index (χ4n) is 0.884. The van der Waals surface area contributed by atoms with Crippen LogP contribution in [0.1, 0.15) is 20.8 Å². The molecule has 0 heterocycles. The van der Waals surface area contributed by atoms with Gasteiger partial charge >= 0.3 is 0 Å². The summed E-state index contributed by atoms with van der Waals surface area (Å²) in [5, 5.41) is 0. The first-order valence-electron chi connectivity index (χ1n) is 4.10. The molecule has 2 nitrogen and oxygen atoms in total. The molecule has 0 amide bonds. The van der Waals surface area contributed by atoms with Gasteiger partial charge < -0.3 is 0 Å². The van der Waals surface area contributed by atoms with Gasteiger partial charge in [-0.1, -0.05) is 0 Å². The van der Waals surface area contributed by atoms with E-state index in [1.54, 1.807) is 18.2 Å². The summed E-state index contributed by atoms with van der Waals surface area (Å²) in [5.41, 5.74) is 0. The maximum absolute atomic E-state index is 9.93. The minimum Gasteiger partial charge on any atom is -0.292 e. The van der Waals surface area contributed by atoms with E-state index in [2.05, 4.69) is 6.08 Å². The molecule has 3 heteroatoms. The van der Waals surface area contributed by atoms with Crippen LogP contribution in [0.3, 0.4) is 0 Å². The highest BCUT2D eigenvalue weighted by Crippen LogP contribution is 2.58. The van der Waals surface area contributed by atoms with E-state index >= 15 is 0 Å². The highest BCUT2D eigenvalue weighted by Gasteiger charge is 2.35. The van der Waals surface area contributed by atoms with Crippen molar-refractivity contribution in [2.24, 2.45) is 0 Å². The molecule has 1 rings (SSSR count). The molecule has 1 aliphatic rings. The van der Waals surface area contributed by atoms with Gasteiger partial charge in [0.25, 0.3) is 0 Å². The summed E-state index contributed by atoms with van der Waals surface area (Å²) in [7, 11) is -2.73. The second-order valence-electron chi connectivity index (χ2n) is 3.89. The van der Waals surface area contributed by atoms with Gasteiger partial charge in [-0.05, 0) is 20.8 Å². The lowest BCUT2D eigenvalue weighted by Gasteiger charge is -2.41. The lowest BCUT2D eigenvalue weighted by atomic mass is 10.3. The molecule has 0 unspecified atom stereocenters. The van der Waals surface area contributed by atoms with Crippen LogP contribution in [-0.4, -0.2) is 13.9 Å². The fraction of sp³-hybridized carbons (Fsp3) is 0.400. The van der Waals surface area contributed by atoms with Gasteiger partial charge in [0.05, 0.1) is 23.0 Å². The molecule has 2 N–H and O–H groups in total. The minimum atomic E-state index is -2.73. The van der Waals surface area contributed by atoms with Gasteiger partial charge in [-0.15, -0.1) is 10.6 Å². The topological polar surface area (TPSA) is 40.5 Å². The van der Waals surface area contributed by atoms with Gasteiger partial charge in [0.2, 0.25) is 4.91 Å². The number of hydrogen-bond donors (Lipinski definition) is 2. The number of rotatable bonds is 1. The zero-order valence-electron chi connectivity index (χ0n) is 8.11. The average Bonchev–Trinajstić information content (AvgIpc) is 2.04. The summed E-state index contributed by atoms with van der Waals surface area (Å²) < 4.78 is 19.3. The van der Waals surface area contributed by atoms with E-state index in [0.29, 0.717) is 4.91 Å². The van der Waals surface area contributed by atoms with Gasteiger partial charge in [0.15, 0.2) is 0 Å². The van der Waals surface area contributed by atoms with Crippen molar-refractivity contribution in [2.75, 3.05) is 0 Å². The van der Waals surface area contributed by atoms with Gasteiger partial charge in [0.1, 0.15) is 6.08 Å². The molecule has 0 aromatic heterocycles. The van der Waals surface area contributed by atoms with Crippen molar-refractivity contribution in [1.29, 1.82) is 0 Å². The first-order chi connectivity index (χ1) is 5.86. The monoisotopic (exact) mass is 199 g/mol. The third kappa shape index (κ3) is 2.01. The SMILES string of the molecule is CC(C)(C)S(O)(O)C1=CC=CC=[C+]1. The summed E-state index contributed by atoms with van der Waals surface area (Å²) in [6.45, 7) is 5.43. The van der Waals surface area contributed by atoms with Crippen molar-refractivity contribution in [2.45, 2.75) is 25.5 Å². The van der Waals surface area contributed by atoms with E-state index in [0.717, 1.165) is 0 Å². The molecule has 1 aliphatic carbocycles. The summed E-state index contributed by atoms with van der Waals surface area (Å²) in [4.78, 5) is 0.488. The maximum atomic E-state index is 9.93. The zero-order valence-corrected chi connectivity index (χ0v) is 8.93. The van der Waals surface area contributed by atoms with E-state index in [4.69, 9.17) is 0 Å². The van der Waals surface area contributed by atoms with Crippen LogP contribution >= 0.6 is 10.6 Å². The Morgan fingerprint density at radius 3 is 2.23 bits per heavy atom. The van der Waals surface area contributed by atoms with E-state index in [1.165, 1.54) is 0 Å². The van der Waals surface area contributed by atoms with E-state index in [1.807, 2.05) is 26.8 Å². The van der Waals surface area contributed by atoms with E-state index in [-0.39, 0.29) is 0 Å². The minimum absolute atomic E-state index is 0.488. The Morgan fingerprint density at radius 1 is 1.23 bits per heavy atom. The summed E-state index contributed by atoms with van der Waals surface area (Å²) in [5.74, 6) is 0. The second kappa shape index (κ2) is 3.28. The molecule has 0 saturated heterocycles. The summed E-state index contributed by atoms with van der Waals surface area (Å²) in [6.07, 6.45) is 9.83. The van der Waals surface area contributed by atoms with Crippen LogP contribution in [0.5, 0.6) is 0 Å². The fourth-order valence-corrected chi connectivity index (χ4v) is 2.04. The molecule has 13 heavy (non-hydrogen) atoms. The van der Waals surface area contributed by atoms with Gasteiger partial charge in [-0.25, -0.2) is 0 Å². The summed E-state index contributed by atoms with van der Waals surface area (Å²) in [6, 6.07) is 0. The second-order valence-corrected chi connectivity index (χ2v) is 6.65. The molecule has 0 radical (unpaired) electrons. The van der Waals surface area contributed by atoms with Crippen molar-refractivity contribution in [3.05, 3.63) is 35.3 Å². The Bertz CT molecular complexity index is 280.